The lowest BCUT2D eigenvalue weighted by molar-refractivity contribution is -0.386. The van der Waals surface area contributed by atoms with Gasteiger partial charge in [-0.15, -0.1) is 0 Å². The van der Waals surface area contributed by atoms with Gasteiger partial charge in [0.25, 0.3) is 0 Å². The van der Waals surface area contributed by atoms with Crippen molar-refractivity contribution in [1.29, 1.82) is 0 Å². The van der Waals surface area contributed by atoms with E-state index in [1.165, 1.54) is 18.7 Å². The number of amides is 1. The molecule has 0 aliphatic carbocycles. The number of benzene rings is 1. The molecule has 1 aromatic carbocycles. The van der Waals surface area contributed by atoms with Crippen LogP contribution in [0.1, 0.15) is 22.5 Å². The molecule has 27 heavy (non-hydrogen) atoms. The second kappa shape index (κ2) is 8.27. The number of hydrogen-bond acceptors (Lipinski definition) is 6. The highest BCUT2D eigenvalue weighted by molar-refractivity contribution is 7.88. The van der Waals surface area contributed by atoms with Crippen molar-refractivity contribution in [3.05, 3.63) is 56.9 Å². The molecule has 1 amide bonds. The van der Waals surface area contributed by atoms with Gasteiger partial charge >= 0.3 is 5.69 Å². The third kappa shape index (κ3) is 5.34. The van der Waals surface area contributed by atoms with E-state index in [-0.39, 0.29) is 36.1 Å². The summed E-state index contributed by atoms with van der Waals surface area (Å²) in [6, 6.07) is 6.82. The van der Waals surface area contributed by atoms with Gasteiger partial charge in [-0.05, 0) is 32.0 Å². The molecule has 11 heteroatoms. The Kier molecular flexibility index (Phi) is 6.28. The maximum atomic E-state index is 12.1. The highest BCUT2D eigenvalue weighted by Crippen LogP contribution is 2.21. The molecule has 2 rings (SSSR count). The fourth-order valence-corrected chi connectivity index (χ4v) is 3.32. The van der Waals surface area contributed by atoms with Gasteiger partial charge in [0.2, 0.25) is 15.9 Å². The van der Waals surface area contributed by atoms with E-state index in [1.807, 2.05) is 0 Å². The van der Waals surface area contributed by atoms with Gasteiger partial charge < -0.3 is 5.32 Å². The minimum Gasteiger partial charge on any atom is -0.350 e. The summed E-state index contributed by atoms with van der Waals surface area (Å²) in [6.45, 7) is 3.19. The number of carbonyl (C=O) groups excluding carboxylic acids is 1. The molecular formula is C16H21N5O5S. The van der Waals surface area contributed by atoms with Crippen molar-refractivity contribution >= 4 is 21.6 Å². The lowest BCUT2D eigenvalue weighted by Crippen LogP contribution is -2.28. The molecule has 2 aromatic rings. The highest BCUT2D eigenvalue weighted by Gasteiger charge is 2.22. The predicted octanol–water partition coefficient (Wildman–Crippen LogP) is 0.774. The number of carbonyl (C=O) groups is 1. The van der Waals surface area contributed by atoms with Crippen LogP contribution in [-0.4, -0.2) is 36.1 Å². The second-order valence-electron chi connectivity index (χ2n) is 5.99. The van der Waals surface area contributed by atoms with Crippen LogP contribution in [0.25, 0.3) is 0 Å². The van der Waals surface area contributed by atoms with Crippen molar-refractivity contribution in [2.24, 2.45) is 0 Å². The molecule has 0 aliphatic rings. The Hall–Kier alpha value is -2.79. The molecule has 10 nitrogen and oxygen atoms in total. The number of nitrogens with zero attached hydrogens (tertiary/aromatic N) is 3. The van der Waals surface area contributed by atoms with Crippen LogP contribution in [0, 0.1) is 24.0 Å². The largest absolute Gasteiger partial charge is 0.350 e. The molecule has 146 valence electrons. The van der Waals surface area contributed by atoms with Crippen LogP contribution in [0.15, 0.2) is 24.3 Å². The molecule has 0 bridgehead atoms. The molecule has 0 saturated carbocycles. The summed E-state index contributed by atoms with van der Waals surface area (Å²) in [7, 11) is -1.98. The first-order valence-corrected chi connectivity index (χ1v) is 9.72. The van der Waals surface area contributed by atoms with E-state index in [4.69, 9.17) is 0 Å². The Bertz CT molecular complexity index is 950. The standard InChI is InChI=1S/C16H21N5O5S/c1-11-16(21(23)24)12(2)20(19-11)9-15(22)18-8-13-4-6-14(7-5-13)10-27(25,26)17-3/h4-7,17H,8-10H2,1-3H3,(H,18,22). The smallest absolute Gasteiger partial charge is 0.312 e. The molecule has 0 radical (unpaired) electrons. The average Bonchev–Trinajstić information content (AvgIpc) is 2.87. The van der Waals surface area contributed by atoms with Crippen molar-refractivity contribution in [1.82, 2.24) is 19.8 Å². The quantitative estimate of drug-likeness (QED) is 0.500. The molecule has 0 atom stereocenters. The van der Waals surface area contributed by atoms with Crippen LogP contribution < -0.4 is 10.0 Å². The van der Waals surface area contributed by atoms with Crippen LogP contribution >= 0.6 is 0 Å². The molecule has 0 unspecified atom stereocenters. The Morgan fingerprint density at radius 2 is 1.81 bits per heavy atom. The van der Waals surface area contributed by atoms with E-state index in [9.17, 15) is 23.3 Å². The summed E-state index contributed by atoms with van der Waals surface area (Å²) in [5.74, 6) is -0.454. The van der Waals surface area contributed by atoms with Gasteiger partial charge in [0.15, 0.2) is 0 Å². The Morgan fingerprint density at radius 1 is 1.22 bits per heavy atom. The average molecular weight is 395 g/mol. The third-order valence-electron chi connectivity index (χ3n) is 4.00. The van der Waals surface area contributed by atoms with E-state index in [0.29, 0.717) is 11.3 Å². The van der Waals surface area contributed by atoms with Crippen LogP contribution in [0.4, 0.5) is 5.69 Å². The zero-order valence-electron chi connectivity index (χ0n) is 15.2. The van der Waals surface area contributed by atoms with Crippen LogP contribution in [0.5, 0.6) is 0 Å². The number of sulfonamides is 1. The number of nitro groups is 1. The van der Waals surface area contributed by atoms with Crippen molar-refractivity contribution in [3.63, 3.8) is 0 Å². The molecule has 0 saturated heterocycles. The van der Waals surface area contributed by atoms with E-state index in [1.54, 1.807) is 31.2 Å². The molecular weight excluding hydrogens is 374 g/mol. The topological polar surface area (TPSA) is 136 Å². The van der Waals surface area contributed by atoms with E-state index in [2.05, 4.69) is 15.1 Å². The number of hydrogen-bond donors (Lipinski definition) is 2. The van der Waals surface area contributed by atoms with Crippen molar-refractivity contribution in [2.75, 3.05) is 7.05 Å². The predicted molar refractivity (Wildman–Crippen MR) is 98.3 cm³/mol. The first kappa shape index (κ1) is 20.5. The summed E-state index contributed by atoms with van der Waals surface area (Å²) in [6.07, 6.45) is 0. The maximum absolute atomic E-state index is 12.1. The third-order valence-corrected chi connectivity index (χ3v) is 5.33. The number of aromatic nitrogens is 2. The number of rotatable bonds is 8. The molecule has 0 aliphatic heterocycles. The summed E-state index contributed by atoms with van der Waals surface area (Å²) >= 11 is 0. The first-order chi connectivity index (χ1) is 12.6. The van der Waals surface area contributed by atoms with Crippen molar-refractivity contribution in [2.45, 2.75) is 32.7 Å². The highest BCUT2D eigenvalue weighted by atomic mass is 32.2. The van der Waals surface area contributed by atoms with Gasteiger partial charge in [0, 0.05) is 6.54 Å². The minimum atomic E-state index is -3.33. The van der Waals surface area contributed by atoms with Crippen LogP contribution in [-0.2, 0) is 33.7 Å². The Morgan fingerprint density at radius 3 is 2.33 bits per heavy atom. The molecule has 0 spiro atoms. The van der Waals surface area contributed by atoms with Gasteiger partial charge in [0.1, 0.15) is 17.9 Å². The Labute approximate surface area is 156 Å². The second-order valence-corrected chi connectivity index (χ2v) is 7.92. The van der Waals surface area contributed by atoms with Gasteiger partial charge in [-0.1, -0.05) is 24.3 Å². The SMILES string of the molecule is CNS(=O)(=O)Cc1ccc(CNC(=O)Cn2nc(C)c([N+](=O)[O-])c2C)cc1. The molecule has 0 fully saturated rings. The number of aryl methyl sites for hydroxylation is 1. The molecule has 2 N–H and O–H groups in total. The maximum Gasteiger partial charge on any atom is 0.312 e. The fraction of sp³-hybridized carbons (Fsp3) is 0.375. The van der Waals surface area contributed by atoms with Gasteiger partial charge in [-0.2, -0.15) is 5.10 Å². The molecule has 1 aromatic heterocycles. The monoisotopic (exact) mass is 395 g/mol. The lowest BCUT2D eigenvalue weighted by Gasteiger charge is -2.08. The van der Waals surface area contributed by atoms with E-state index in [0.717, 1.165) is 5.56 Å². The zero-order valence-corrected chi connectivity index (χ0v) is 16.0. The van der Waals surface area contributed by atoms with Crippen LogP contribution in [0.3, 0.4) is 0 Å². The summed E-state index contributed by atoms with van der Waals surface area (Å²) in [5, 5.41) is 17.7. The Balaban J connectivity index is 1.94. The van der Waals surface area contributed by atoms with Crippen LogP contribution in [0.2, 0.25) is 0 Å². The van der Waals surface area contributed by atoms with Crippen molar-refractivity contribution < 1.29 is 18.1 Å². The zero-order chi connectivity index (χ0) is 20.2. The normalized spacial score (nSPS) is 11.4. The van der Waals surface area contributed by atoms with Gasteiger partial charge in [-0.25, -0.2) is 13.1 Å². The minimum absolute atomic E-state index is 0.0880. The number of nitrogens with one attached hydrogen (secondary N) is 2. The van der Waals surface area contributed by atoms with E-state index >= 15 is 0 Å². The first-order valence-electron chi connectivity index (χ1n) is 8.07. The van der Waals surface area contributed by atoms with Crippen molar-refractivity contribution in [3.8, 4) is 0 Å². The fourth-order valence-electron chi connectivity index (χ4n) is 2.54. The van der Waals surface area contributed by atoms with Gasteiger partial charge in [0.05, 0.1) is 10.7 Å². The summed E-state index contributed by atoms with van der Waals surface area (Å²) in [5.41, 5.74) is 1.93. The van der Waals surface area contributed by atoms with Gasteiger partial charge in [-0.3, -0.25) is 19.6 Å². The summed E-state index contributed by atoms with van der Waals surface area (Å²) in [4.78, 5) is 22.6. The summed E-state index contributed by atoms with van der Waals surface area (Å²) < 4.78 is 26.6. The molecule has 1 heterocycles. The lowest BCUT2D eigenvalue weighted by atomic mass is 10.1. The van der Waals surface area contributed by atoms with E-state index < -0.39 is 14.9 Å².